The average molecular weight is 431 g/mol. The number of amides is 1. The number of hydrogen-bond acceptors (Lipinski definition) is 2. The van der Waals surface area contributed by atoms with E-state index in [0.717, 1.165) is 60.4 Å². The van der Waals surface area contributed by atoms with Gasteiger partial charge >= 0.3 is 0 Å². The van der Waals surface area contributed by atoms with E-state index in [4.69, 9.17) is 0 Å². The van der Waals surface area contributed by atoms with Crippen LogP contribution in [-0.2, 0) is 25.8 Å². The number of carbonyl (C=O) groups is 1. The van der Waals surface area contributed by atoms with Gasteiger partial charge in [-0.15, -0.1) is 0 Å². The molecular weight excluding hydrogens is 396 g/mol. The molecule has 3 rings (SSSR count). The Balaban J connectivity index is 1.93. The number of nitrogens with zero attached hydrogens (tertiary/aromatic N) is 1. The van der Waals surface area contributed by atoms with E-state index in [2.05, 4.69) is 48.0 Å². The molecule has 0 fully saturated rings. The highest BCUT2D eigenvalue weighted by Crippen LogP contribution is 2.24. The first-order valence-electron chi connectivity index (χ1n) is 11.6. The predicted molar refractivity (Wildman–Crippen MR) is 133 cm³/mol. The molecule has 0 radical (unpaired) electrons. The summed E-state index contributed by atoms with van der Waals surface area (Å²) in [4.78, 5) is 26.5. The number of aryl methyl sites for hydroxylation is 3. The molecule has 0 saturated heterocycles. The molecule has 0 saturated carbocycles. The summed E-state index contributed by atoms with van der Waals surface area (Å²) in [6.07, 6.45) is 3.53. The lowest BCUT2D eigenvalue weighted by Crippen LogP contribution is -2.30. The molecule has 0 atom stereocenters. The number of hydrogen-bond donors (Lipinski definition) is 1. The van der Waals surface area contributed by atoms with Crippen LogP contribution in [-0.4, -0.2) is 10.5 Å². The first-order chi connectivity index (χ1) is 15.4. The topological polar surface area (TPSA) is 51.1 Å². The van der Waals surface area contributed by atoms with Gasteiger partial charge in [0.25, 0.3) is 5.91 Å². The quantitative estimate of drug-likeness (QED) is 0.492. The molecule has 0 bridgehead atoms. The summed E-state index contributed by atoms with van der Waals surface area (Å²) in [5, 5.41) is 3.08. The molecule has 0 aliphatic rings. The number of para-hydroxylation sites is 1. The summed E-state index contributed by atoms with van der Waals surface area (Å²) >= 11 is 0. The number of carbonyl (C=O) groups excluding carboxylic acids is 1. The van der Waals surface area contributed by atoms with Crippen LogP contribution in [0.5, 0.6) is 0 Å². The molecular formula is C28H34N2O2. The maximum Gasteiger partial charge on any atom is 0.261 e. The van der Waals surface area contributed by atoms with Gasteiger partial charge in [-0.2, -0.15) is 0 Å². The second-order valence-corrected chi connectivity index (χ2v) is 8.35. The lowest BCUT2D eigenvalue weighted by molar-refractivity contribution is 0.102. The van der Waals surface area contributed by atoms with Crippen LogP contribution in [0.4, 0.5) is 5.69 Å². The summed E-state index contributed by atoms with van der Waals surface area (Å²) in [5.74, 6) is -0.317. The predicted octanol–water partition coefficient (Wildman–Crippen LogP) is 5.78. The van der Waals surface area contributed by atoms with Gasteiger partial charge < -0.3 is 9.88 Å². The standard InChI is InChI=1S/C28H34N2O2/c1-6-23-16-11-17-24(7-2)26(23)29-28(32)25-21(5)30(20(4)19(3)27(25)31)18-12-15-22-13-9-8-10-14-22/h8-11,13-14,16-17H,6-7,12,15,18H2,1-5H3,(H,29,32). The van der Waals surface area contributed by atoms with Crippen molar-refractivity contribution in [1.29, 1.82) is 0 Å². The molecule has 2 aromatic carbocycles. The van der Waals surface area contributed by atoms with E-state index < -0.39 is 0 Å². The Morgan fingerprint density at radius 2 is 1.50 bits per heavy atom. The van der Waals surface area contributed by atoms with Crippen LogP contribution in [0.1, 0.15) is 64.3 Å². The molecule has 4 nitrogen and oxygen atoms in total. The number of aromatic nitrogens is 1. The van der Waals surface area contributed by atoms with Crippen molar-refractivity contribution in [3.63, 3.8) is 0 Å². The van der Waals surface area contributed by atoms with E-state index >= 15 is 0 Å². The lowest BCUT2D eigenvalue weighted by atomic mass is 10.0. The molecule has 0 aliphatic heterocycles. The number of anilines is 1. The monoisotopic (exact) mass is 430 g/mol. The number of rotatable bonds is 8. The fraction of sp³-hybridized carbons (Fsp3) is 0.357. The third kappa shape index (κ3) is 4.85. The van der Waals surface area contributed by atoms with Crippen molar-refractivity contribution in [3.05, 3.63) is 98.0 Å². The highest BCUT2D eigenvalue weighted by molar-refractivity contribution is 6.06. The molecule has 32 heavy (non-hydrogen) atoms. The molecule has 1 N–H and O–H groups in total. The Hall–Kier alpha value is -3.14. The molecule has 168 valence electrons. The Labute approximate surface area is 191 Å². The summed E-state index contributed by atoms with van der Waals surface area (Å²) in [7, 11) is 0. The summed E-state index contributed by atoms with van der Waals surface area (Å²) < 4.78 is 2.13. The Kier molecular flexibility index (Phi) is 7.68. The molecule has 4 heteroatoms. The van der Waals surface area contributed by atoms with Gasteiger partial charge in [-0.25, -0.2) is 0 Å². The van der Waals surface area contributed by atoms with Crippen LogP contribution in [0.25, 0.3) is 0 Å². The Morgan fingerprint density at radius 3 is 2.09 bits per heavy atom. The molecule has 3 aromatic rings. The zero-order chi connectivity index (χ0) is 23.3. The van der Waals surface area contributed by atoms with Crippen LogP contribution in [0.3, 0.4) is 0 Å². The van der Waals surface area contributed by atoms with Gasteiger partial charge in [0.1, 0.15) is 5.56 Å². The fourth-order valence-corrected chi connectivity index (χ4v) is 4.37. The van der Waals surface area contributed by atoms with Gasteiger partial charge in [-0.05, 0) is 63.1 Å². The van der Waals surface area contributed by atoms with Gasteiger partial charge in [-0.1, -0.05) is 62.4 Å². The van der Waals surface area contributed by atoms with Crippen molar-refractivity contribution in [2.24, 2.45) is 0 Å². The summed E-state index contributed by atoms with van der Waals surface area (Å²) in [5.41, 5.74) is 6.68. The van der Waals surface area contributed by atoms with Crippen molar-refractivity contribution >= 4 is 11.6 Å². The lowest BCUT2D eigenvalue weighted by Gasteiger charge is -2.21. The van der Waals surface area contributed by atoms with Gasteiger partial charge in [0.2, 0.25) is 0 Å². The van der Waals surface area contributed by atoms with Crippen LogP contribution in [0, 0.1) is 20.8 Å². The van der Waals surface area contributed by atoms with Gasteiger partial charge in [0.15, 0.2) is 5.43 Å². The van der Waals surface area contributed by atoms with Crippen LogP contribution < -0.4 is 10.7 Å². The van der Waals surface area contributed by atoms with Crippen LogP contribution in [0.2, 0.25) is 0 Å². The van der Waals surface area contributed by atoms with Gasteiger partial charge in [-0.3, -0.25) is 9.59 Å². The van der Waals surface area contributed by atoms with E-state index in [1.54, 1.807) is 0 Å². The van der Waals surface area contributed by atoms with Crippen molar-refractivity contribution in [3.8, 4) is 0 Å². The molecule has 1 aromatic heterocycles. The minimum Gasteiger partial charge on any atom is -0.348 e. The minimum atomic E-state index is -0.317. The van der Waals surface area contributed by atoms with Gasteiger partial charge in [0.05, 0.1) is 0 Å². The SMILES string of the molecule is CCc1cccc(CC)c1NC(=O)c1c(C)n(CCCc2ccccc2)c(C)c(C)c1=O. The summed E-state index contributed by atoms with van der Waals surface area (Å²) in [6.45, 7) is 10.6. The third-order valence-corrected chi connectivity index (χ3v) is 6.44. The van der Waals surface area contributed by atoms with Crippen molar-refractivity contribution in [2.45, 2.75) is 66.8 Å². The zero-order valence-electron chi connectivity index (χ0n) is 19.9. The first-order valence-corrected chi connectivity index (χ1v) is 11.6. The smallest absolute Gasteiger partial charge is 0.261 e. The second-order valence-electron chi connectivity index (χ2n) is 8.35. The maximum absolute atomic E-state index is 13.4. The van der Waals surface area contributed by atoms with Crippen LogP contribution >= 0.6 is 0 Å². The van der Waals surface area contributed by atoms with Crippen molar-refractivity contribution in [1.82, 2.24) is 4.57 Å². The second kappa shape index (κ2) is 10.4. The Morgan fingerprint density at radius 1 is 0.875 bits per heavy atom. The third-order valence-electron chi connectivity index (χ3n) is 6.44. The fourth-order valence-electron chi connectivity index (χ4n) is 4.37. The number of benzene rings is 2. The molecule has 1 amide bonds. The Bertz CT molecular complexity index is 1140. The maximum atomic E-state index is 13.4. The first kappa shape index (κ1) is 23.5. The van der Waals surface area contributed by atoms with Crippen molar-refractivity contribution < 1.29 is 4.79 Å². The summed E-state index contributed by atoms with van der Waals surface area (Å²) in [6, 6.07) is 16.5. The molecule has 0 aliphatic carbocycles. The minimum absolute atomic E-state index is 0.177. The normalized spacial score (nSPS) is 10.9. The van der Waals surface area contributed by atoms with E-state index in [0.29, 0.717) is 5.56 Å². The van der Waals surface area contributed by atoms with Crippen LogP contribution in [0.15, 0.2) is 53.3 Å². The van der Waals surface area contributed by atoms with E-state index in [-0.39, 0.29) is 16.9 Å². The highest BCUT2D eigenvalue weighted by Gasteiger charge is 2.21. The zero-order valence-corrected chi connectivity index (χ0v) is 19.9. The van der Waals surface area contributed by atoms with Gasteiger partial charge in [0, 0.05) is 29.2 Å². The van der Waals surface area contributed by atoms with E-state index in [1.807, 2.05) is 45.0 Å². The van der Waals surface area contributed by atoms with Crippen molar-refractivity contribution in [2.75, 3.05) is 5.32 Å². The van der Waals surface area contributed by atoms with E-state index in [1.165, 1.54) is 5.56 Å². The molecule has 0 spiro atoms. The average Bonchev–Trinajstić information content (AvgIpc) is 2.80. The number of nitrogens with one attached hydrogen (secondary N) is 1. The van der Waals surface area contributed by atoms with E-state index in [9.17, 15) is 9.59 Å². The highest BCUT2D eigenvalue weighted by atomic mass is 16.2. The number of pyridine rings is 1. The molecule has 0 unspecified atom stereocenters. The largest absolute Gasteiger partial charge is 0.348 e. The molecule has 1 heterocycles.